The molecular formula is C28H33N3O3. The first-order chi connectivity index (χ1) is 16.3. The fourth-order valence-corrected chi connectivity index (χ4v) is 5.47. The molecule has 1 aliphatic rings. The summed E-state index contributed by atoms with van der Waals surface area (Å²) in [5, 5.41) is 1.27. The molecule has 1 saturated heterocycles. The topological polar surface area (TPSA) is 82.1 Å². The van der Waals surface area contributed by atoms with E-state index >= 15 is 0 Å². The molecule has 2 aromatic heterocycles. The Hall–Kier alpha value is -3.12. The van der Waals surface area contributed by atoms with Crippen molar-refractivity contribution in [2.45, 2.75) is 58.8 Å². The zero-order valence-electron chi connectivity index (χ0n) is 20.5. The number of nitrogens with zero attached hydrogens (tertiary/aromatic N) is 1. The molecule has 5 rings (SSSR count). The van der Waals surface area contributed by atoms with Gasteiger partial charge in [0, 0.05) is 22.9 Å². The Kier molecular flexibility index (Phi) is 5.94. The molecule has 0 bridgehead atoms. The first-order valence-corrected chi connectivity index (χ1v) is 12.4. The molecule has 34 heavy (non-hydrogen) atoms. The van der Waals surface area contributed by atoms with Crippen LogP contribution in [-0.4, -0.2) is 40.3 Å². The predicted molar refractivity (Wildman–Crippen MR) is 137 cm³/mol. The number of hydrogen-bond acceptors (Lipinski definition) is 4. The summed E-state index contributed by atoms with van der Waals surface area (Å²) in [6, 6.07) is 10.9. The summed E-state index contributed by atoms with van der Waals surface area (Å²) >= 11 is 0. The number of likely N-dealkylation sites (tertiary alicyclic amines) is 1. The van der Waals surface area contributed by atoms with E-state index in [0.717, 1.165) is 53.8 Å². The van der Waals surface area contributed by atoms with Crippen LogP contribution in [0.25, 0.3) is 33.3 Å². The van der Waals surface area contributed by atoms with Gasteiger partial charge in [-0.15, -0.1) is 0 Å². The molecule has 0 spiro atoms. The monoisotopic (exact) mass is 459 g/mol. The number of H-pyrrole nitrogens is 2. The summed E-state index contributed by atoms with van der Waals surface area (Å²) in [6.45, 7) is 10.9. The Morgan fingerprint density at radius 2 is 1.88 bits per heavy atom. The second kappa shape index (κ2) is 8.91. The molecule has 0 atom stereocenters. The van der Waals surface area contributed by atoms with Crippen LogP contribution in [0.15, 0.2) is 39.5 Å². The summed E-state index contributed by atoms with van der Waals surface area (Å²) in [4.78, 5) is 32.3. The van der Waals surface area contributed by atoms with Gasteiger partial charge in [0.25, 0.3) is 0 Å². The maximum atomic E-state index is 11.8. The van der Waals surface area contributed by atoms with Crippen molar-refractivity contribution in [2.75, 3.05) is 19.6 Å². The van der Waals surface area contributed by atoms with Gasteiger partial charge in [-0.1, -0.05) is 26.8 Å². The van der Waals surface area contributed by atoms with Crippen molar-refractivity contribution >= 4 is 27.8 Å². The lowest BCUT2D eigenvalue weighted by atomic mass is 9.87. The van der Waals surface area contributed by atoms with E-state index in [-0.39, 0.29) is 0 Å². The number of piperidine rings is 1. The van der Waals surface area contributed by atoms with E-state index in [1.54, 1.807) is 0 Å². The van der Waals surface area contributed by atoms with Crippen molar-refractivity contribution in [3.05, 3.63) is 57.6 Å². The molecule has 4 aromatic rings. The van der Waals surface area contributed by atoms with Crippen molar-refractivity contribution in [3.63, 3.8) is 0 Å². The molecule has 6 heteroatoms. The number of aryl methyl sites for hydroxylation is 1. The molecule has 1 aliphatic heterocycles. The van der Waals surface area contributed by atoms with Gasteiger partial charge < -0.3 is 9.40 Å². The molecule has 0 saturated carbocycles. The average molecular weight is 460 g/mol. The van der Waals surface area contributed by atoms with Crippen LogP contribution >= 0.6 is 0 Å². The number of carbonyl (C=O) groups excluding carboxylic acids is 1. The number of ketones is 1. The maximum Gasteiger partial charge on any atom is 0.417 e. The van der Waals surface area contributed by atoms with Gasteiger partial charge in [0.05, 0.1) is 17.8 Å². The van der Waals surface area contributed by atoms with Crippen molar-refractivity contribution in [3.8, 4) is 11.3 Å². The summed E-state index contributed by atoms with van der Waals surface area (Å²) in [6.07, 6.45) is 2.79. The molecular weight excluding hydrogens is 426 g/mol. The number of carbonyl (C=O) groups is 1. The third kappa shape index (κ3) is 4.11. The summed E-state index contributed by atoms with van der Waals surface area (Å²) < 4.78 is 5.30. The number of Topliss-reactive ketones (excluding diaryl/α,β-unsaturated/α-hetero) is 1. The van der Waals surface area contributed by atoms with Crippen LogP contribution in [0.2, 0.25) is 0 Å². The van der Waals surface area contributed by atoms with Crippen LogP contribution in [0.5, 0.6) is 0 Å². The minimum absolute atomic E-state index is 0.328. The minimum Gasteiger partial charge on any atom is -0.408 e. The molecule has 3 heterocycles. The van der Waals surface area contributed by atoms with Gasteiger partial charge in [0.15, 0.2) is 5.58 Å². The molecule has 1 fully saturated rings. The Morgan fingerprint density at radius 1 is 1.12 bits per heavy atom. The lowest BCUT2D eigenvalue weighted by molar-refractivity contribution is -0.120. The van der Waals surface area contributed by atoms with Crippen molar-refractivity contribution in [1.29, 1.82) is 0 Å². The number of aromatic nitrogens is 2. The molecule has 2 aromatic carbocycles. The molecule has 2 N–H and O–H groups in total. The Labute approximate surface area is 199 Å². The quantitative estimate of drug-likeness (QED) is 0.378. The first kappa shape index (κ1) is 22.7. The van der Waals surface area contributed by atoms with Crippen LogP contribution in [-0.2, 0) is 4.79 Å². The van der Waals surface area contributed by atoms with E-state index in [2.05, 4.69) is 53.0 Å². The normalized spacial score (nSPS) is 15.7. The average Bonchev–Trinajstić information content (AvgIpc) is 3.39. The van der Waals surface area contributed by atoms with Crippen LogP contribution in [0.1, 0.15) is 68.6 Å². The van der Waals surface area contributed by atoms with E-state index in [1.165, 1.54) is 16.5 Å². The van der Waals surface area contributed by atoms with Gasteiger partial charge in [-0.05, 0) is 85.6 Å². The fourth-order valence-electron chi connectivity index (χ4n) is 5.47. The van der Waals surface area contributed by atoms with Gasteiger partial charge in [-0.2, -0.15) is 0 Å². The number of aromatic amines is 2. The Bertz CT molecular complexity index is 1410. The molecule has 0 radical (unpaired) electrons. The van der Waals surface area contributed by atoms with Crippen molar-refractivity contribution in [2.24, 2.45) is 0 Å². The third-order valence-electron chi connectivity index (χ3n) is 7.29. The highest BCUT2D eigenvalue weighted by molar-refractivity contribution is 5.94. The Morgan fingerprint density at radius 3 is 2.59 bits per heavy atom. The van der Waals surface area contributed by atoms with E-state index in [1.807, 2.05) is 19.9 Å². The lowest BCUT2D eigenvalue weighted by Gasteiger charge is -2.31. The summed E-state index contributed by atoms with van der Waals surface area (Å²) in [7, 11) is 0. The Balaban J connectivity index is 1.50. The first-order valence-electron chi connectivity index (χ1n) is 12.4. The van der Waals surface area contributed by atoms with Crippen molar-refractivity contribution in [1.82, 2.24) is 14.9 Å². The smallest absolute Gasteiger partial charge is 0.408 e. The van der Waals surface area contributed by atoms with E-state index in [0.29, 0.717) is 36.2 Å². The SMILES string of the molecule is CCC(=O)CN1CCC(c2ccc3[nH]c(-c4cc(C)c5oc(=O)[nH]c5c4)c(C(C)C)c3c2)CC1. The van der Waals surface area contributed by atoms with E-state index in [4.69, 9.17) is 4.42 Å². The van der Waals surface area contributed by atoms with E-state index in [9.17, 15) is 9.59 Å². The van der Waals surface area contributed by atoms with Crippen LogP contribution in [0, 0.1) is 6.92 Å². The molecule has 0 unspecified atom stereocenters. The highest BCUT2D eigenvalue weighted by Crippen LogP contribution is 2.39. The predicted octanol–water partition coefficient (Wildman–Crippen LogP) is 5.86. The zero-order chi connectivity index (χ0) is 24.0. The van der Waals surface area contributed by atoms with E-state index < -0.39 is 5.76 Å². The number of fused-ring (bicyclic) bond motifs is 2. The number of oxazole rings is 1. The number of hydrogen-bond donors (Lipinski definition) is 2. The number of benzene rings is 2. The largest absolute Gasteiger partial charge is 0.417 e. The van der Waals surface area contributed by atoms with Gasteiger partial charge >= 0.3 is 5.76 Å². The number of nitrogens with one attached hydrogen (secondary N) is 2. The van der Waals surface area contributed by atoms with Gasteiger partial charge in [-0.3, -0.25) is 14.7 Å². The van der Waals surface area contributed by atoms with Crippen LogP contribution in [0.4, 0.5) is 0 Å². The summed E-state index contributed by atoms with van der Waals surface area (Å²) in [5.41, 5.74) is 8.24. The van der Waals surface area contributed by atoms with Gasteiger partial charge in [-0.25, -0.2) is 4.79 Å². The van der Waals surface area contributed by atoms with Gasteiger partial charge in [0.2, 0.25) is 0 Å². The third-order valence-corrected chi connectivity index (χ3v) is 7.29. The second-order valence-corrected chi connectivity index (χ2v) is 10.0. The number of rotatable bonds is 6. The zero-order valence-corrected chi connectivity index (χ0v) is 20.5. The van der Waals surface area contributed by atoms with Crippen LogP contribution < -0.4 is 5.76 Å². The second-order valence-electron chi connectivity index (χ2n) is 10.0. The van der Waals surface area contributed by atoms with Crippen LogP contribution in [0.3, 0.4) is 0 Å². The maximum absolute atomic E-state index is 11.8. The molecule has 6 nitrogen and oxygen atoms in total. The van der Waals surface area contributed by atoms with Gasteiger partial charge in [0.1, 0.15) is 5.78 Å². The highest BCUT2D eigenvalue weighted by atomic mass is 16.4. The molecule has 0 amide bonds. The fraction of sp³-hybridized carbons (Fsp3) is 0.429. The molecule has 178 valence electrons. The summed E-state index contributed by atoms with van der Waals surface area (Å²) in [5.74, 6) is 0.755. The highest BCUT2D eigenvalue weighted by Gasteiger charge is 2.24. The standard InChI is InChI=1S/C28H33N3O3/c1-5-21(32)15-31-10-8-18(9-11-31)19-6-7-23-22(13-19)25(16(2)3)26(29-23)20-12-17(4)27-24(14-20)30-28(33)34-27/h6-7,12-14,16,18,29H,5,8-11,15H2,1-4H3,(H,30,33). The van der Waals surface area contributed by atoms with Crippen molar-refractivity contribution < 1.29 is 9.21 Å². The lowest BCUT2D eigenvalue weighted by Crippen LogP contribution is -2.36. The molecule has 0 aliphatic carbocycles. The minimum atomic E-state index is -0.425.